The number of piperidine rings is 1. The van der Waals surface area contributed by atoms with E-state index in [0.29, 0.717) is 12.1 Å². The van der Waals surface area contributed by atoms with Crippen molar-refractivity contribution in [1.29, 1.82) is 0 Å². The van der Waals surface area contributed by atoms with Gasteiger partial charge in [-0.25, -0.2) is 0 Å². The number of benzene rings is 1. The molecule has 0 radical (unpaired) electrons. The van der Waals surface area contributed by atoms with E-state index in [1.807, 2.05) is 0 Å². The zero-order valence-electron chi connectivity index (χ0n) is 13.8. The van der Waals surface area contributed by atoms with Crippen LogP contribution in [-0.4, -0.2) is 31.3 Å². The maximum absolute atomic E-state index is 6.17. The molecule has 0 amide bonds. The van der Waals surface area contributed by atoms with E-state index in [1.165, 1.54) is 43.2 Å². The van der Waals surface area contributed by atoms with Crippen LogP contribution in [0.2, 0.25) is 0 Å². The first-order chi connectivity index (χ1) is 10.7. The van der Waals surface area contributed by atoms with Crippen molar-refractivity contribution in [3.05, 3.63) is 35.4 Å². The van der Waals surface area contributed by atoms with Crippen LogP contribution in [0, 0.1) is 6.92 Å². The van der Waals surface area contributed by atoms with E-state index in [1.54, 1.807) is 0 Å². The summed E-state index contributed by atoms with van der Waals surface area (Å²) in [6, 6.07) is 9.44. The van der Waals surface area contributed by atoms with Gasteiger partial charge in [0.2, 0.25) is 0 Å². The zero-order valence-corrected chi connectivity index (χ0v) is 13.8. The summed E-state index contributed by atoms with van der Waals surface area (Å²) in [5, 5.41) is 3.50. The lowest BCUT2D eigenvalue weighted by atomic mass is 9.81. The normalized spacial score (nSPS) is 32.8. The smallest absolute Gasteiger partial charge is 0.0638 e. The summed E-state index contributed by atoms with van der Waals surface area (Å²) < 4.78 is 6.16. The fraction of sp³-hybridized carbons (Fsp3) is 0.684. The minimum atomic E-state index is 0.261. The SMILES string of the molecule is Cc1ccccc1C1CCC(OCC2NCCCC2N)CC1. The third kappa shape index (κ3) is 3.89. The van der Waals surface area contributed by atoms with Gasteiger partial charge in [0.05, 0.1) is 12.7 Å². The number of nitrogens with one attached hydrogen (secondary N) is 1. The molecule has 1 saturated carbocycles. The van der Waals surface area contributed by atoms with Crippen LogP contribution in [0.3, 0.4) is 0 Å². The lowest BCUT2D eigenvalue weighted by molar-refractivity contribution is 0.00616. The number of hydrogen-bond donors (Lipinski definition) is 2. The predicted octanol–water partition coefficient (Wildman–Crippen LogP) is 3.12. The summed E-state index contributed by atoms with van der Waals surface area (Å²) in [4.78, 5) is 0. The average molecular weight is 302 g/mol. The van der Waals surface area contributed by atoms with E-state index in [4.69, 9.17) is 10.5 Å². The maximum atomic E-state index is 6.17. The van der Waals surface area contributed by atoms with Crippen LogP contribution in [0.25, 0.3) is 0 Å². The number of aryl methyl sites for hydroxylation is 1. The third-order valence-corrected chi connectivity index (χ3v) is 5.45. The Balaban J connectivity index is 1.45. The first-order valence-corrected chi connectivity index (χ1v) is 8.90. The summed E-state index contributed by atoms with van der Waals surface area (Å²) in [5.74, 6) is 0.719. The van der Waals surface area contributed by atoms with E-state index in [9.17, 15) is 0 Å². The van der Waals surface area contributed by atoms with E-state index >= 15 is 0 Å². The average Bonchev–Trinajstić information content (AvgIpc) is 2.55. The highest BCUT2D eigenvalue weighted by Gasteiger charge is 2.26. The Morgan fingerprint density at radius 2 is 1.91 bits per heavy atom. The first-order valence-electron chi connectivity index (χ1n) is 8.90. The number of hydrogen-bond acceptors (Lipinski definition) is 3. The Labute approximate surface area is 134 Å². The zero-order chi connectivity index (χ0) is 15.4. The molecule has 2 aliphatic rings. The van der Waals surface area contributed by atoms with E-state index in [0.717, 1.165) is 25.5 Å². The molecule has 3 N–H and O–H groups in total. The fourth-order valence-electron chi connectivity index (χ4n) is 3.99. The fourth-order valence-corrected chi connectivity index (χ4v) is 3.99. The van der Waals surface area contributed by atoms with Gasteiger partial charge < -0.3 is 15.8 Å². The lowest BCUT2D eigenvalue weighted by Gasteiger charge is -2.33. The van der Waals surface area contributed by atoms with Gasteiger partial charge in [0.25, 0.3) is 0 Å². The molecule has 2 atom stereocenters. The molecule has 0 spiro atoms. The number of rotatable bonds is 4. The van der Waals surface area contributed by atoms with Gasteiger partial charge in [0.1, 0.15) is 0 Å². The molecule has 2 fully saturated rings. The topological polar surface area (TPSA) is 47.3 Å². The van der Waals surface area contributed by atoms with Crippen molar-refractivity contribution in [1.82, 2.24) is 5.32 Å². The van der Waals surface area contributed by atoms with Gasteiger partial charge in [-0.1, -0.05) is 24.3 Å². The molecule has 3 nitrogen and oxygen atoms in total. The minimum Gasteiger partial charge on any atom is -0.377 e. The summed E-state index contributed by atoms with van der Waals surface area (Å²) >= 11 is 0. The first kappa shape index (κ1) is 16.0. The van der Waals surface area contributed by atoms with Crippen molar-refractivity contribution < 1.29 is 4.74 Å². The van der Waals surface area contributed by atoms with E-state index in [2.05, 4.69) is 36.5 Å². The standard InChI is InChI=1S/C19H30N2O/c1-14-5-2-3-6-17(14)15-8-10-16(11-9-15)22-13-19-18(20)7-4-12-21-19/h2-3,5-6,15-16,18-19,21H,4,7-13,20H2,1H3. The Hall–Kier alpha value is -0.900. The Morgan fingerprint density at radius 3 is 2.64 bits per heavy atom. The second-order valence-electron chi connectivity index (χ2n) is 7.03. The third-order valence-electron chi connectivity index (χ3n) is 5.45. The highest BCUT2D eigenvalue weighted by molar-refractivity contribution is 5.29. The lowest BCUT2D eigenvalue weighted by Crippen LogP contribution is -2.52. The second kappa shape index (κ2) is 7.58. The van der Waals surface area contributed by atoms with Crippen molar-refractivity contribution in [2.75, 3.05) is 13.2 Å². The van der Waals surface area contributed by atoms with Gasteiger partial charge in [-0.2, -0.15) is 0 Å². The molecule has 3 heteroatoms. The molecular formula is C19H30N2O. The Kier molecular flexibility index (Phi) is 5.51. The van der Waals surface area contributed by atoms with Crippen molar-refractivity contribution in [2.45, 2.75) is 69.6 Å². The molecule has 1 aromatic rings. The van der Waals surface area contributed by atoms with Crippen LogP contribution in [0.5, 0.6) is 0 Å². The van der Waals surface area contributed by atoms with Crippen molar-refractivity contribution >= 4 is 0 Å². The van der Waals surface area contributed by atoms with Crippen LogP contribution < -0.4 is 11.1 Å². The maximum Gasteiger partial charge on any atom is 0.0638 e. The van der Waals surface area contributed by atoms with Gasteiger partial charge in [0, 0.05) is 12.1 Å². The quantitative estimate of drug-likeness (QED) is 0.898. The minimum absolute atomic E-state index is 0.261. The van der Waals surface area contributed by atoms with Crippen molar-refractivity contribution in [2.24, 2.45) is 5.73 Å². The highest BCUT2D eigenvalue weighted by atomic mass is 16.5. The molecule has 1 heterocycles. The van der Waals surface area contributed by atoms with Gasteiger partial charge in [-0.05, 0) is 69.0 Å². The summed E-state index contributed by atoms with van der Waals surface area (Å²) in [6.45, 7) is 4.09. The highest BCUT2D eigenvalue weighted by Crippen LogP contribution is 2.35. The predicted molar refractivity (Wildman–Crippen MR) is 91.1 cm³/mol. The molecular weight excluding hydrogens is 272 g/mol. The van der Waals surface area contributed by atoms with Crippen LogP contribution in [-0.2, 0) is 4.74 Å². The summed E-state index contributed by atoms with van der Waals surface area (Å²) in [7, 11) is 0. The molecule has 3 rings (SSSR count). The van der Waals surface area contributed by atoms with Crippen molar-refractivity contribution in [3.8, 4) is 0 Å². The Morgan fingerprint density at radius 1 is 1.14 bits per heavy atom. The largest absolute Gasteiger partial charge is 0.377 e. The Bertz CT molecular complexity index is 468. The van der Waals surface area contributed by atoms with Crippen LogP contribution in [0.15, 0.2) is 24.3 Å². The monoisotopic (exact) mass is 302 g/mol. The number of ether oxygens (including phenoxy) is 1. The molecule has 1 aromatic carbocycles. The van der Waals surface area contributed by atoms with E-state index < -0.39 is 0 Å². The molecule has 0 aromatic heterocycles. The molecule has 22 heavy (non-hydrogen) atoms. The molecule has 122 valence electrons. The number of nitrogens with two attached hydrogens (primary N) is 1. The molecule has 2 unspecified atom stereocenters. The van der Waals surface area contributed by atoms with E-state index in [-0.39, 0.29) is 6.04 Å². The molecule has 1 aliphatic carbocycles. The van der Waals surface area contributed by atoms with Crippen LogP contribution in [0.1, 0.15) is 55.6 Å². The molecule has 1 aliphatic heterocycles. The molecule has 1 saturated heterocycles. The van der Waals surface area contributed by atoms with Gasteiger partial charge in [-0.3, -0.25) is 0 Å². The van der Waals surface area contributed by atoms with Crippen LogP contribution in [0.4, 0.5) is 0 Å². The summed E-state index contributed by atoms with van der Waals surface area (Å²) in [6.07, 6.45) is 7.61. The second-order valence-corrected chi connectivity index (χ2v) is 7.03. The van der Waals surface area contributed by atoms with Gasteiger partial charge >= 0.3 is 0 Å². The van der Waals surface area contributed by atoms with Gasteiger partial charge in [-0.15, -0.1) is 0 Å². The van der Waals surface area contributed by atoms with Crippen molar-refractivity contribution in [3.63, 3.8) is 0 Å². The molecule has 0 bridgehead atoms. The summed E-state index contributed by atoms with van der Waals surface area (Å²) in [5.41, 5.74) is 9.14. The van der Waals surface area contributed by atoms with Crippen LogP contribution >= 0.6 is 0 Å². The van der Waals surface area contributed by atoms with Gasteiger partial charge in [0.15, 0.2) is 0 Å².